The molecule has 0 fully saturated rings. The fourth-order valence-corrected chi connectivity index (χ4v) is 3.89. The molecule has 35 heavy (non-hydrogen) atoms. The summed E-state index contributed by atoms with van der Waals surface area (Å²) in [7, 11) is 0. The molecule has 0 bridgehead atoms. The second-order valence-electron chi connectivity index (χ2n) is 7.98. The molecule has 4 rings (SSSR count). The summed E-state index contributed by atoms with van der Waals surface area (Å²) in [6.07, 6.45) is 2.01. The van der Waals surface area contributed by atoms with Gasteiger partial charge in [0.15, 0.2) is 0 Å². The van der Waals surface area contributed by atoms with E-state index in [4.69, 9.17) is 16.4 Å². The highest BCUT2D eigenvalue weighted by Gasteiger charge is 2.23. The van der Waals surface area contributed by atoms with Gasteiger partial charge in [0.1, 0.15) is 11.6 Å². The van der Waals surface area contributed by atoms with Crippen LogP contribution in [-0.4, -0.2) is 45.9 Å². The molecule has 0 radical (unpaired) electrons. The third kappa shape index (κ3) is 6.41. The number of carbonyl (C=O) groups is 1. The molecular formula is C24H24ClF2N5O3. The number of hydrogen-bond donors (Lipinski definition) is 3. The van der Waals surface area contributed by atoms with Crippen molar-refractivity contribution in [1.82, 2.24) is 20.3 Å². The molecule has 0 saturated carbocycles. The second-order valence-corrected chi connectivity index (χ2v) is 8.39. The lowest BCUT2D eigenvalue weighted by atomic mass is 10.1. The van der Waals surface area contributed by atoms with E-state index in [0.29, 0.717) is 48.7 Å². The van der Waals surface area contributed by atoms with Gasteiger partial charge in [0, 0.05) is 19.3 Å². The Kier molecular flexibility index (Phi) is 8.06. The van der Waals surface area contributed by atoms with E-state index in [1.165, 1.54) is 23.3 Å². The molecule has 1 aromatic heterocycles. The normalized spacial score (nSPS) is 14.2. The van der Waals surface area contributed by atoms with Crippen molar-refractivity contribution in [2.45, 2.75) is 25.4 Å². The summed E-state index contributed by atoms with van der Waals surface area (Å²) < 4.78 is 27.2. The number of hydrogen-bond acceptors (Lipinski definition) is 7. The number of fused-ring (bicyclic) bond motifs is 1. The Bertz CT molecular complexity index is 1200. The minimum atomic E-state index is -0.815. The average molecular weight is 504 g/mol. The monoisotopic (exact) mass is 503 g/mol. The lowest BCUT2D eigenvalue weighted by Crippen LogP contribution is -2.39. The first kappa shape index (κ1) is 24.8. The summed E-state index contributed by atoms with van der Waals surface area (Å²) in [4.78, 5) is 26.6. The van der Waals surface area contributed by atoms with E-state index in [9.17, 15) is 18.7 Å². The van der Waals surface area contributed by atoms with E-state index in [1.807, 2.05) is 0 Å². The van der Waals surface area contributed by atoms with Crippen molar-refractivity contribution in [2.24, 2.45) is 0 Å². The second kappa shape index (κ2) is 11.4. The van der Waals surface area contributed by atoms with Gasteiger partial charge in [0.25, 0.3) is 0 Å². The molecule has 2 heterocycles. The first-order valence-corrected chi connectivity index (χ1v) is 11.4. The van der Waals surface area contributed by atoms with Gasteiger partial charge in [0.2, 0.25) is 5.95 Å². The van der Waals surface area contributed by atoms with E-state index in [-0.39, 0.29) is 17.4 Å². The Morgan fingerprint density at radius 3 is 2.83 bits per heavy atom. The Balaban J connectivity index is 1.32. The molecule has 1 amide bonds. The first-order chi connectivity index (χ1) is 16.9. The van der Waals surface area contributed by atoms with Gasteiger partial charge in [-0.2, -0.15) is 0 Å². The van der Waals surface area contributed by atoms with Gasteiger partial charge < -0.3 is 20.6 Å². The van der Waals surface area contributed by atoms with Crippen LogP contribution in [0, 0.1) is 11.6 Å². The number of benzene rings is 2. The Morgan fingerprint density at radius 1 is 1.23 bits per heavy atom. The number of rotatable bonds is 8. The summed E-state index contributed by atoms with van der Waals surface area (Å²) in [6, 6.07) is 9.71. The summed E-state index contributed by atoms with van der Waals surface area (Å²) in [5.41, 5.74) is 2.70. The van der Waals surface area contributed by atoms with Crippen molar-refractivity contribution in [3.8, 4) is 0 Å². The van der Waals surface area contributed by atoms with Crippen LogP contribution < -0.4 is 10.6 Å². The molecule has 11 heteroatoms. The van der Waals surface area contributed by atoms with Crippen LogP contribution in [0.25, 0.3) is 0 Å². The summed E-state index contributed by atoms with van der Waals surface area (Å²) in [6.45, 7) is 0.725. The maximum absolute atomic E-state index is 13.8. The molecule has 3 aromatic rings. The highest BCUT2D eigenvalue weighted by atomic mass is 35.5. The van der Waals surface area contributed by atoms with Crippen LogP contribution in [0.2, 0.25) is 5.02 Å². The number of hydroxylamine groups is 2. The van der Waals surface area contributed by atoms with E-state index >= 15 is 0 Å². The topological polar surface area (TPSA) is 99.6 Å². The van der Waals surface area contributed by atoms with Crippen LogP contribution in [0.1, 0.15) is 28.4 Å². The zero-order valence-electron chi connectivity index (χ0n) is 18.7. The fraction of sp³-hybridized carbons (Fsp3) is 0.292. The number of carbonyl (C=O) groups excluding carboxylic acids is 1. The number of halogens is 3. The van der Waals surface area contributed by atoms with Crippen molar-refractivity contribution in [1.29, 1.82) is 0 Å². The Labute approximate surface area is 205 Å². The van der Waals surface area contributed by atoms with Gasteiger partial charge in [-0.3, -0.25) is 0 Å². The van der Waals surface area contributed by atoms with Gasteiger partial charge in [-0.25, -0.2) is 23.5 Å². The summed E-state index contributed by atoms with van der Waals surface area (Å²) in [5, 5.41) is 16.6. The molecule has 2 aromatic carbocycles. The standard InChI is InChI=1S/C24H24ClF2N5O3/c25-18-11-16(5-6-20(18)27)22(14-33)31-24(34)35-32-10-8-17-12-29-23(30-21(17)13-32)28-9-7-15-3-1-2-4-19(15)26/h1-6,11-12,22,33H,7-10,13-14H2,(H,31,34)(H,28,29,30)/t22-/m1/s1. The number of aliphatic hydroxyl groups excluding tert-OH is 1. The van der Waals surface area contributed by atoms with Crippen LogP contribution in [0.3, 0.4) is 0 Å². The maximum atomic E-state index is 13.8. The SMILES string of the molecule is O=C(N[C@H](CO)c1ccc(F)c(Cl)c1)ON1CCc2cnc(NCCc3ccccc3F)nc2C1. The lowest BCUT2D eigenvalue weighted by Gasteiger charge is -2.27. The lowest BCUT2D eigenvalue weighted by molar-refractivity contribution is -0.113. The number of aromatic nitrogens is 2. The van der Waals surface area contributed by atoms with E-state index in [0.717, 1.165) is 11.6 Å². The van der Waals surface area contributed by atoms with E-state index < -0.39 is 24.6 Å². The Morgan fingerprint density at radius 2 is 2.06 bits per heavy atom. The van der Waals surface area contributed by atoms with Gasteiger partial charge in [0.05, 0.1) is 29.9 Å². The van der Waals surface area contributed by atoms with Gasteiger partial charge in [-0.05, 0) is 47.7 Å². The predicted molar refractivity (Wildman–Crippen MR) is 126 cm³/mol. The number of aliphatic hydroxyl groups is 1. The van der Waals surface area contributed by atoms with Crippen molar-refractivity contribution in [3.63, 3.8) is 0 Å². The third-order valence-electron chi connectivity index (χ3n) is 5.58. The van der Waals surface area contributed by atoms with Gasteiger partial charge >= 0.3 is 6.09 Å². The molecule has 1 aliphatic rings. The van der Waals surface area contributed by atoms with Crippen LogP contribution in [0.15, 0.2) is 48.7 Å². The number of nitrogens with zero attached hydrogens (tertiary/aromatic N) is 3. The van der Waals surface area contributed by atoms with Crippen molar-refractivity contribution in [3.05, 3.63) is 87.7 Å². The fourth-order valence-electron chi connectivity index (χ4n) is 3.70. The summed E-state index contributed by atoms with van der Waals surface area (Å²) in [5.74, 6) is -0.442. The third-order valence-corrected chi connectivity index (χ3v) is 5.87. The van der Waals surface area contributed by atoms with Crippen LogP contribution in [0.4, 0.5) is 19.5 Å². The number of amides is 1. The molecule has 1 atom stereocenters. The molecule has 1 aliphatic heterocycles. The van der Waals surface area contributed by atoms with Crippen LogP contribution in [-0.2, 0) is 24.2 Å². The minimum Gasteiger partial charge on any atom is -0.394 e. The minimum absolute atomic E-state index is 0.109. The number of nitrogens with one attached hydrogen (secondary N) is 2. The molecular weight excluding hydrogens is 480 g/mol. The van der Waals surface area contributed by atoms with Crippen LogP contribution in [0.5, 0.6) is 0 Å². The molecule has 3 N–H and O–H groups in total. The van der Waals surface area contributed by atoms with Gasteiger partial charge in [-0.1, -0.05) is 35.9 Å². The average Bonchev–Trinajstić information content (AvgIpc) is 2.85. The van der Waals surface area contributed by atoms with E-state index in [2.05, 4.69) is 20.6 Å². The highest BCUT2D eigenvalue weighted by Crippen LogP contribution is 2.22. The zero-order chi connectivity index (χ0) is 24.8. The van der Waals surface area contributed by atoms with Crippen molar-refractivity contribution >= 4 is 23.6 Å². The summed E-state index contributed by atoms with van der Waals surface area (Å²) >= 11 is 5.79. The maximum Gasteiger partial charge on any atom is 0.426 e. The number of anilines is 1. The smallest absolute Gasteiger partial charge is 0.394 e. The van der Waals surface area contributed by atoms with E-state index in [1.54, 1.807) is 24.4 Å². The molecule has 0 saturated heterocycles. The van der Waals surface area contributed by atoms with Crippen LogP contribution >= 0.6 is 11.6 Å². The zero-order valence-corrected chi connectivity index (χ0v) is 19.4. The molecule has 0 aliphatic carbocycles. The first-order valence-electron chi connectivity index (χ1n) is 11.0. The largest absolute Gasteiger partial charge is 0.426 e. The molecule has 8 nitrogen and oxygen atoms in total. The molecule has 0 spiro atoms. The van der Waals surface area contributed by atoms with Crippen molar-refractivity contribution in [2.75, 3.05) is 25.0 Å². The van der Waals surface area contributed by atoms with Gasteiger partial charge in [-0.15, -0.1) is 5.06 Å². The highest BCUT2D eigenvalue weighted by molar-refractivity contribution is 6.30. The molecule has 0 unspecified atom stereocenters. The van der Waals surface area contributed by atoms with Crippen molar-refractivity contribution < 1.29 is 23.5 Å². The quantitative estimate of drug-likeness (QED) is 0.430. The predicted octanol–water partition coefficient (Wildman–Crippen LogP) is 3.80. The Hall–Kier alpha value is -3.34. The molecule has 184 valence electrons.